The molecular weight excluding hydrogens is 424 g/mol. The van der Waals surface area contributed by atoms with Gasteiger partial charge in [-0.2, -0.15) is 0 Å². The Labute approximate surface area is 165 Å². The fourth-order valence-electron chi connectivity index (χ4n) is 0.846. The average Bonchev–Trinajstić information content (AvgIpc) is 2.73. The number of hydrogen-bond donors (Lipinski definition) is 0. The first-order valence-electron chi connectivity index (χ1n) is 6.24. The Bertz CT molecular complexity index is 439. The molecule has 0 fully saturated rings. The molecule has 0 spiro atoms. The van der Waals surface area contributed by atoms with Gasteiger partial charge in [0.05, 0.1) is 0 Å². The van der Waals surface area contributed by atoms with E-state index in [1.54, 1.807) is 6.08 Å². The molecule has 0 aliphatic heterocycles. The second kappa shape index (κ2) is 65.6. The van der Waals surface area contributed by atoms with Crippen molar-refractivity contribution in [1.29, 1.82) is 0 Å². The number of unbranched alkanes of at least 4 members (excludes halogenated alkanes) is 1. The monoisotopic (exact) mass is 444 g/mol. The first kappa shape index (κ1) is 39.3. The van der Waals surface area contributed by atoms with Crippen molar-refractivity contribution in [2.75, 3.05) is 19.8 Å². The van der Waals surface area contributed by atoms with Gasteiger partial charge in [-0.25, -0.2) is 0 Å². The molecule has 7 nitrogen and oxygen atoms in total. The zero-order chi connectivity index (χ0) is 22.1. The Morgan fingerprint density at radius 2 is 1.50 bits per heavy atom. The van der Waals surface area contributed by atoms with Crippen LogP contribution in [0.25, 0.3) is 0 Å². The van der Waals surface area contributed by atoms with Crippen molar-refractivity contribution >= 4 is 4.08 Å². The molecule has 0 aliphatic rings. The summed E-state index contributed by atoms with van der Waals surface area (Å²) in [5, 5.41) is 0. The summed E-state index contributed by atoms with van der Waals surface area (Å²) in [5.74, 6) is 6.00. The van der Waals surface area contributed by atoms with Gasteiger partial charge < -0.3 is 0 Å². The maximum atomic E-state index is 7.50. The fraction of sp³-hybridized carbons (Fsp3) is 0.333. The molecule has 0 saturated carbocycles. The quantitative estimate of drug-likeness (QED) is 0.143. The summed E-state index contributed by atoms with van der Waals surface area (Å²) in [5.41, 5.74) is 0. The van der Waals surface area contributed by atoms with Crippen LogP contribution in [0.3, 0.4) is 0 Å². The van der Waals surface area contributed by atoms with Gasteiger partial charge in [0.1, 0.15) is 0 Å². The Kier molecular flexibility index (Phi) is 99.2. The Balaban J connectivity index is -0.0000000854. The van der Waals surface area contributed by atoms with Crippen molar-refractivity contribution in [1.82, 2.24) is 0 Å². The van der Waals surface area contributed by atoms with E-state index < -0.39 is 0 Å². The Hall–Kier alpha value is -1.78. The van der Waals surface area contributed by atoms with E-state index in [9.17, 15) is 0 Å². The molecule has 0 bridgehead atoms. The van der Waals surface area contributed by atoms with Gasteiger partial charge in [-0.05, 0) is 0 Å². The van der Waals surface area contributed by atoms with Gasteiger partial charge >= 0.3 is 153 Å². The van der Waals surface area contributed by atoms with Crippen molar-refractivity contribution < 1.29 is 52.1 Å². The minimum atomic E-state index is 0.488. The molecule has 0 rings (SSSR count). The van der Waals surface area contributed by atoms with Gasteiger partial charge in [0.15, 0.2) is 0 Å². The molecule has 0 N–H and O–H groups in total. The summed E-state index contributed by atoms with van der Waals surface area (Å²) in [6.07, 6.45) is 7.32. The third-order valence-corrected chi connectivity index (χ3v) is 1.83. The van der Waals surface area contributed by atoms with Crippen LogP contribution >= 0.6 is 0 Å². The maximum absolute atomic E-state index is 7.50. The van der Waals surface area contributed by atoms with Crippen LogP contribution in [0.1, 0.15) is 19.8 Å². The number of allylic oxidation sites excluding steroid dienone is 2. The van der Waals surface area contributed by atoms with Crippen molar-refractivity contribution in [3.05, 3.63) is 58.1 Å². The Morgan fingerprint density at radius 1 is 1.00 bits per heavy atom. The fourth-order valence-corrected chi connectivity index (χ4v) is 1.05. The van der Waals surface area contributed by atoms with Crippen molar-refractivity contribution in [2.45, 2.75) is 19.8 Å². The van der Waals surface area contributed by atoms with Crippen LogP contribution < -0.4 is 0 Å². The van der Waals surface area contributed by atoms with Gasteiger partial charge in [0.2, 0.25) is 0 Å². The second-order valence-electron chi connectivity index (χ2n) is 2.98. The molecule has 0 amide bonds. The molecule has 0 saturated heterocycles. The predicted molar refractivity (Wildman–Crippen MR) is 83.4 cm³/mol. The Morgan fingerprint density at radius 3 is 1.92 bits per heavy atom. The van der Waals surface area contributed by atoms with E-state index in [1.165, 1.54) is 0 Å². The third-order valence-electron chi connectivity index (χ3n) is 1.54. The third kappa shape index (κ3) is 79.5. The summed E-state index contributed by atoms with van der Waals surface area (Å²) in [4.78, 5) is 0. The minimum absolute atomic E-state index is 0.488. The number of rotatable bonds is 8. The van der Waals surface area contributed by atoms with E-state index in [4.69, 9.17) is 32.7 Å². The zero-order valence-electron chi connectivity index (χ0n) is 14.2. The van der Waals surface area contributed by atoms with Crippen molar-refractivity contribution in [3.63, 3.8) is 0 Å². The number of hydrogen-bond acceptors (Lipinski definition) is 2. The molecule has 0 heterocycles. The molecule has 0 aromatic carbocycles. The molecule has 0 aromatic heterocycles. The SMILES string of the molecule is C=C/C=C/COCC#CCCCO[C](C)=[Mo].[C-]#[O+].[C-]#[O+].[C-]#[O+].[C-]#[O+].[C-]#[O+]. The van der Waals surface area contributed by atoms with Crippen LogP contribution in [-0.4, -0.2) is 23.9 Å². The van der Waals surface area contributed by atoms with E-state index in [1.807, 2.05) is 38.4 Å². The van der Waals surface area contributed by atoms with Crippen LogP contribution in [0, 0.1) is 45.1 Å². The molecule has 26 heavy (non-hydrogen) atoms. The van der Waals surface area contributed by atoms with Crippen LogP contribution in [-0.2, 0) is 52.1 Å². The molecule has 0 aliphatic carbocycles. The summed E-state index contributed by atoms with van der Waals surface area (Å²) in [6, 6.07) is 0. The van der Waals surface area contributed by atoms with E-state index >= 15 is 0 Å². The molecular formula is C18H18MoO7. The summed E-state index contributed by atoms with van der Waals surface area (Å²) >= 11 is 1.89. The van der Waals surface area contributed by atoms with E-state index in [0.717, 1.165) is 23.5 Å². The topological polar surface area (TPSA) is 118 Å². The van der Waals surface area contributed by atoms with E-state index in [2.05, 4.69) is 51.7 Å². The van der Waals surface area contributed by atoms with Gasteiger partial charge in [-0.1, -0.05) is 12.7 Å². The standard InChI is InChI=1S/C13H18O2.5CO.Mo/c1-3-5-8-12-15-13-10-7-6-9-11-14-4-2;5*1-2;/h3,5,8H,1,6,9,11-13H2,2H3;;;;;;/b8-5+;;;;;;. The van der Waals surface area contributed by atoms with Gasteiger partial charge in [0, 0.05) is 0 Å². The van der Waals surface area contributed by atoms with Gasteiger partial charge in [-0.3, -0.25) is 0 Å². The van der Waals surface area contributed by atoms with Crippen molar-refractivity contribution in [3.8, 4) is 11.8 Å². The molecule has 8 heteroatoms. The molecule has 0 aromatic rings. The normalized spacial score (nSPS) is 6.42. The van der Waals surface area contributed by atoms with Crippen LogP contribution in [0.2, 0.25) is 0 Å². The molecule has 0 radical (unpaired) electrons. The zero-order valence-corrected chi connectivity index (χ0v) is 16.2. The van der Waals surface area contributed by atoms with Gasteiger partial charge in [0.25, 0.3) is 0 Å². The summed E-state index contributed by atoms with van der Waals surface area (Å²) in [7, 11) is 0. The average molecular weight is 442 g/mol. The molecule has 138 valence electrons. The summed E-state index contributed by atoms with van der Waals surface area (Å²) in [6.45, 7) is 29.9. The molecule has 0 unspecified atom stereocenters. The van der Waals surface area contributed by atoms with Crippen LogP contribution in [0.4, 0.5) is 0 Å². The van der Waals surface area contributed by atoms with Crippen LogP contribution in [0.15, 0.2) is 24.8 Å². The predicted octanol–water partition coefficient (Wildman–Crippen LogP) is 2.05. The van der Waals surface area contributed by atoms with Crippen LogP contribution in [0.5, 0.6) is 0 Å². The van der Waals surface area contributed by atoms with Crippen molar-refractivity contribution in [2.24, 2.45) is 0 Å². The second-order valence-corrected chi connectivity index (χ2v) is 4.39. The van der Waals surface area contributed by atoms with E-state index in [0.29, 0.717) is 13.2 Å². The van der Waals surface area contributed by atoms with E-state index in [-0.39, 0.29) is 0 Å². The first-order chi connectivity index (χ1) is 12.8. The first-order valence-corrected chi connectivity index (χ1v) is 7.24. The number of ether oxygens (including phenoxy) is 2. The molecule has 0 atom stereocenters. The summed E-state index contributed by atoms with van der Waals surface area (Å²) < 4.78 is 49.1. The van der Waals surface area contributed by atoms with Gasteiger partial charge in [-0.15, -0.1) is 0 Å².